The van der Waals surface area contributed by atoms with E-state index in [1.165, 1.54) is 6.07 Å². The van der Waals surface area contributed by atoms with Crippen LogP contribution in [-0.2, 0) is 30.9 Å². The third-order valence-electron chi connectivity index (χ3n) is 5.50. The number of nitrogens with zero attached hydrogens (tertiary/aromatic N) is 2. The van der Waals surface area contributed by atoms with Crippen molar-refractivity contribution < 1.29 is 9.53 Å². The first-order valence-corrected chi connectivity index (χ1v) is 10.9. The van der Waals surface area contributed by atoms with Gasteiger partial charge in [0.2, 0.25) is 5.91 Å². The smallest absolute Gasteiger partial charge is 0.254 e. The predicted octanol–water partition coefficient (Wildman–Crippen LogP) is 4.45. The average Bonchev–Trinajstić information content (AvgIpc) is 3.18. The SMILES string of the molecule is O=C1CCCN1Cc1ccc(CCn2ccc(OCc3ccc(Cl)cc3)cc2=O)cc1. The molecule has 0 unspecified atom stereocenters. The summed E-state index contributed by atoms with van der Waals surface area (Å²) in [5.41, 5.74) is 3.20. The summed E-state index contributed by atoms with van der Waals surface area (Å²) in [4.78, 5) is 26.1. The molecule has 1 aliphatic rings. The standard InChI is InChI=1S/C25H25ClN2O3/c26-22-9-7-21(8-10-22)18-31-23-12-15-27(25(30)16-23)14-11-19-3-5-20(6-4-19)17-28-13-1-2-24(28)29/h3-10,12,15-16H,1-2,11,13-14,17-18H2. The lowest BCUT2D eigenvalue weighted by Crippen LogP contribution is -2.23. The highest BCUT2D eigenvalue weighted by Gasteiger charge is 2.19. The monoisotopic (exact) mass is 436 g/mol. The zero-order chi connectivity index (χ0) is 21.6. The molecule has 0 aliphatic carbocycles. The van der Waals surface area contributed by atoms with Crippen molar-refractivity contribution in [3.8, 4) is 5.75 Å². The Hall–Kier alpha value is -3.05. The molecule has 1 fully saturated rings. The van der Waals surface area contributed by atoms with Crippen molar-refractivity contribution in [2.24, 2.45) is 0 Å². The number of pyridine rings is 1. The Balaban J connectivity index is 1.29. The molecule has 0 radical (unpaired) electrons. The van der Waals surface area contributed by atoms with Gasteiger partial charge in [-0.3, -0.25) is 9.59 Å². The number of rotatable bonds is 8. The predicted molar refractivity (Wildman–Crippen MR) is 121 cm³/mol. The molecule has 3 aromatic rings. The van der Waals surface area contributed by atoms with E-state index in [9.17, 15) is 9.59 Å². The minimum absolute atomic E-state index is 0.0854. The number of aryl methyl sites for hydroxylation is 2. The first-order chi connectivity index (χ1) is 15.1. The van der Waals surface area contributed by atoms with Crippen molar-refractivity contribution in [3.05, 3.63) is 98.9 Å². The van der Waals surface area contributed by atoms with Crippen LogP contribution >= 0.6 is 11.6 Å². The molecule has 4 rings (SSSR count). The van der Waals surface area contributed by atoms with Crippen LogP contribution in [0.5, 0.6) is 5.75 Å². The Kier molecular flexibility index (Phi) is 6.73. The van der Waals surface area contributed by atoms with E-state index in [2.05, 4.69) is 24.3 Å². The summed E-state index contributed by atoms with van der Waals surface area (Å²) >= 11 is 5.89. The Morgan fingerprint density at radius 2 is 1.61 bits per heavy atom. The van der Waals surface area contributed by atoms with Crippen molar-refractivity contribution in [3.63, 3.8) is 0 Å². The number of benzene rings is 2. The lowest BCUT2D eigenvalue weighted by Gasteiger charge is -2.15. The van der Waals surface area contributed by atoms with Crippen molar-refractivity contribution in [1.82, 2.24) is 9.47 Å². The fourth-order valence-electron chi connectivity index (χ4n) is 3.66. The van der Waals surface area contributed by atoms with Gasteiger partial charge in [-0.25, -0.2) is 0 Å². The highest BCUT2D eigenvalue weighted by molar-refractivity contribution is 6.30. The molecule has 2 aromatic carbocycles. The van der Waals surface area contributed by atoms with Crippen LogP contribution in [0.2, 0.25) is 5.02 Å². The minimum Gasteiger partial charge on any atom is -0.489 e. The van der Waals surface area contributed by atoms with E-state index in [0.717, 1.165) is 36.1 Å². The van der Waals surface area contributed by atoms with Gasteiger partial charge in [-0.05, 0) is 47.7 Å². The van der Waals surface area contributed by atoms with Gasteiger partial charge in [0.05, 0.1) is 0 Å². The maximum Gasteiger partial charge on any atom is 0.254 e. The van der Waals surface area contributed by atoms with E-state index in [-0.39, 0.29) is 11.5 Å². The second-order valence-electron chi connectivity index (χ2n) is 7.79. The molecule has 31 heavy (non-hydrogen) atoms. The molecular weight excluding hydrogens is 412 g/mol. The molecule has 6 heteroatoms. The van der Waals surface area contributed by atoms with Crippen LogP contribution in [0.3, 0.4) is 0 Å². The molecule has 5 nitrogen and oxygen atoms in total. The molecule has 1 amide bonds. The number of amides is 1. The second-order valence-corrected chi connectivity index (χ2v) is 8.23. The van der Waals surface area contributed by atoms with Crippen LogP contribution in [0.4, 0.5) is 0 Å². The van der Waals surface area contributed by atoms with Gasteiger partial charge >= 0.3 is 0 Å². The first kappa shape index (κ1) is 21.2. The highest BCUT2D eigenvalue weighted by Crippen LogP contribution is 2.16. The summed E-state index contributed by atoms with van der Waals surface area (Å²) in [7, 11) is 0. The Labute approximate surface area is 186 Å². The number of hydrogen-bond acceptors (Lipinski definition) is 3. The molecule has 1 aromatic heterocycles. The van der Waals surface area contributed by atoms with Crippen molar-refractivity contribution in [2.45, 2.75) is 39.0 Å². The maximum absolute atomic E-state index is 12.4. The minimum atomic E-state index is -0.0854. The van der Waals surface area contributed by atoms with Gasteiger partial charge in [-0.15, -0.1) is 0 Å². The number of carbonyl (C=O) groups excluding carboxylic acids is 1. The molecule has 1 aliphatic heterocycles. The molecule has 0 bridgehead atoms. The Morgan fingerprint density at radius 1 is 0.903 bits per heavy atom. The molecular formula is C25H25ClN2O3. The zero-order valence-corrected chi connectivity index (χ0v) is 18.1. The van der Waals surface area contributed by atoms with Crippen LogP contribution in [0, 0.1) is 0 Å². The Morgan fingerprint density at radius 3 is 2.29 bits per heavy atom. The molecule has 0 atom stereocenters. The molecule has 0 N–H and O–H groups in total. The van der Waals surface area contributed by atoms with E-state index < -0.39 is 0 Å². The summed E-state index contributed by atoms with van der Waals surface area (Å²) in [6, 6.07) is 19.0. The van der Waals surface area contributed by atoms with Crippen LogP contribution in [0.25, 0.3) is 0 Å². The van der Waals surface area contributed by atoms with E-state index in [4.69, 9.17) is 16.3 Å². The van der Waals surface area contributed by atoms with Crippen LogP contribution in [-0.4, -0.2) is 21.9 Å². The summed E-state index contributed by atoms with van der Waals surface area (Å²) < 4.78 is 7.41. The first-order valence-electron chi connectivity index (χ1n) is 10.5. The third-order valence-corrected chi connectivity index (χ3v) is 5.75. The largest absolute Gasteiger partial charge is 0.489 e. The van der Waals surface area contributed by atoms with Gasteiger partial charge in [0.25, 0.3) is 5.56 Å². The fraction of sp³-hybridized carbons (Fsp3) is 0.280. The van der Waals surface area contributed by atoms with Gasteiger partial charge in [-0.1, -0.05) is 48.0 Å². The Bertz CT molecular complexity index is 1090. The topological polar surface area (TPSA) is 51.5 Å². The van der Waals surface area contributed by atoms with Crippen molar-refractivity contribution in [1.29, 1.82) is 0 Å². The van der Waals surface area contributed by atoms with E-state index in [1.807, 2.05) is 35.2 Å². The quantitative estimate of drug-likeness (QED) is 0.524. The lowest BCUT2D eigenvalue weighted by atomic mass is 10.1. The molecule has 2 heterocycles. The van der Waals surface area contributed by atoms with Gasteiger partial charge in [0.1, 0.15) is 12.4 Å². The van der Waals surface area contributed by atoms with Crippen LogP contribution < -0.4 is 10.3 Å². The number of carbonyl (C=O) groups is 1. The van der Waals surface area contributed by atoms with Crippen LogP contribution in [0.15, 0.2) is 71.7 Å². The number of ether oxygens (including phenoxy) is 1. The normalized spacial score (nSPS) is 13.6. The summed E-state index contributed by atoms with van der Waals surface area (Å²) in [6.07, 6.45) is 4.15. The van der Waals surface area contributed by atoms with Crippen LogP contribution in [0.1, 0.15) is 29.5 Å². The number of halogens is 1. The number of aromatic nitrogens is 1. The highest BCUT2D eigenvalue weighted by atomic mass is 35.5. The fourth-order valence-corrected chi connectivity index (χ4v) is 3.79. The summed E-state index contributed by atoms with van der Waals surface area (Å²) in [5, 5.41) is 0.683. The molecule has 0 saturated carbocycles. The number of hydrogen-bond donors (Lipinski definition) is 0. The van der Waals surface area contributed by atoms with Gasteiger partial charge in [-0.2, -0.15) is 0 Å². The van der Waals surface area contributed by atoms with Crippen molar-refractivity contribution in [2.75, 3.05) is 6.54 Å². The van der Waals surface area contributed by atoms with E-state index >= 15 is 0 Å². The molecule has 0 spiro atoms. The van der Waals surface area contributed by atoms with E-state index in [1.54, 1.807) is 10.8 Å². The van der Waals surface area contributed by atoms with E-state index in [0.29, 0.717) is 36.9 Å². The molecule has 160 valence electrons. The summed E-state index contributed by atoms with van der Waals surface area (Å²) in [6.45, 7) is 2.51. The lowest BCUT2D eigenvalue weighted by molar-refractivity contribution is -0.128. The average molecular weight is 437 g/mol. The zero-order valence-electron chi connectivity index (χ0n) is 17.3. The van der Waals surface area contributed by atoms with Gasteiger partial charge in [0.15, 0.2) is 0 Å². The summed E-state index contributed by atoms with van der Waals surface area (Å²) in [5.74, 6) is 0.793. The second kappa shape index (κ2) is 9.84. The third kappa shape index (κ3) is 5.76. The maximum atomic E-state index is 12.4. The number of likely N-dealkylation sites (tertiary alicyclic amines) is 1. The van der Waals surface area contributed by atoms with Gasteiger partial charge < -0.3 is 14.2 Å². The molecule has 1 saturated heterocycles. The van der Waals surface area contributed by atoms with Gasteiger partial charge in [0, 0.05) is 43.3 Å². The van der Waals surface area contributed by atoms with Crippen molar-refractivity contribution >= 4 is 17.5 Å².